The molecule has 0 fully saturated rings. The molecule has 1 aromatic heterocycles. The minimum atomic E-state index is 0.0880. The van der Waals surface area contributed by atoms with Gasteiger partial charge in [0.15, 0.2) is 18.1 Å². The van der Waals surface area contributed by atoms with Gasteiger partial charge in [0, 0.05) is 11.1 Å². The molecule has 3 aromatic rings. The molecule has 0 unspecified atom stereocenters. The van der Waals surface area contributed by atoms with Gasteiger partial charge in [0.25, 0.3) is 5.89 Å². The molecule has 146 valence electrons. The molecule has 0 saturated carbocycles. The van der Waals surface area contributed by atoms with Gasteiger partial charge >= 0.3 is 0 Å². The SMILES string of the molecule is CCOc1ccc(/C=N\OCc2nc(-c3ccc(CC)cc3)no2)cc1OC. The third kappa shape index (κ3) is 4.88. The molecule has 0 bridgehead atoms. The van der Waals surface area contributed by atoms with Crippen molar-refractivity contribution in [3.05, 3.63) is 59.5 Å². The third-order valence-corrected chi connectivity index (χ3v) is 4.04. The first-order chi connectivity index (χ1) is 13.7. The second-order valence-electron chi connectivity index (χ2n) is 5.91. The highest BCUT2D eigenvalue weighted by molar-refractivity contribution is 5.80. The van der Waals surface area contributed by atoms with E-state index >= 15 is 0 Å². The highest BCUT2D eigenvalue weighted by atomic mass is 16.6. The summed E-state index contributed by atoms with van der Waals surface area (Å²) in [6, 6.07) is 13.6. The van der Waals surface area contributed by atoms with Crippen LogP contribution in [0.1, 0.15) is 30.9 Å². The lowest BCUT2D eigenvalue weighted by atomic mass is 10.1. The number of nitrogens with zero attached hydrogens (tertiary/aromatic N) is 3. The molecule has 0 radical (unpaired) electrons. The van der Waals surface area contributed by atoms with E-state index in [-0.39, 0.29) is 6.61 Å². The van der Waals surface area contributed by atoms with Gasteiger partial charge in [0.1, 0.15) is 0 Å². The molecule has 3 rings (SSSR count). The van der Waals surface area contributed by atoms with Gasteiger partial charge in [-0.1, -0.05) is 41.5 Å². The second-order valence-corrected chi connectivity index (χ2v) is 5.91. The predicted molar refractivity (Wildman–Crippen MR) is 106 cm³/mol. The van der Waals surface area contributed by atoms with Crippen molar-refractivity contribution < 1.29 is 18.8 Å². The minimum Gasteiger partial charge on any atom is -0.493 e. The van der Waals surface area contributed by atoms with Gasteiger partial charge in [-0.2, -0.15) is 4.98 Å². The lowest BCUT2D eigenvalue weighted by molar-refractivity contribution is 0.107. The lowest BCUT2D eigenvalue weighted by Gasteiger charge is -2.09. The van der Waals surface area contributed by atoms with Crippen molar-refractivity contribution in [2.75, 3.05) is 13.7 Å². The van der Waals surface area contributed by atoms with Crippen LogP contribution in [0.15, 0.2) is 52.1 Å². The van der Waals surface area contributed by atoms with Crippen molar-refractivity contribution in [2.24, 2.45) is 5.16 Å². The first-order valence-corrected chi connectivity index (χ1v) is 9.11. The van der Waals surface area contributed by atoms with Crippen molar-refractivity contribution in [2.45, 2.75) is 26.9 Å². The Balaban J connectivity index is 1.57. The van der Waals surface area contributed by atoms with Crippen molar-refractivity contribution in [1.29, 1.82) is 0 Å². The molecule has 7 heteroatoms. The Kier molecular flexibility index (Phi) is 6.62. The first kappa shape index (κ1) is 19.4. The van der Waals surface area contributed by atoms with Crippen LogP contribution < -0.4 is 9.47 Å². The Hall–Kier alpha value is -3.35. The highest BCUT2D eigenvalue weighted by Crippen LogP contribution is 2.27. The van der Waals surface area contributed by atoms with Gasteiger partial charge < -0.3 is 18.8 Å². The predicted octanol–water partition coefficient (Wildman–Crippen LogP) is 4.26. The van der Waals surface area contributed by atoms with E-state index in [0.29, 0.717) is 29.8 Å². The van der Waals surface area contributed by atoms with Gasteiger partial charge in [-0.25, -0.2) is 0 Å². The van der Waals surface area contributed by atoms with Gasteiger partial charge in [-0.3, -0.25) is 0 Å². The number of aryl methyl sites for hydroxylation is 1. The number of hydrogen-bond acceptors (Lipinski definition) is 7. The zero-order chi connectivity index (χ0) is 19.8. The summed E-state index contributed by atoms with van der Waals surface area (Å²) in [5.41, 5.74) is 2.98. The molecule has 0 amide bonds. The molecule has 0 atom stereocenters. The molecular weight excluding hydrogens is 358 g/mol. The number of hydrogen-bond donors (Lipinski definition) is 0. The fourth-order valence-corrected chi connectivity index (χ4v) is 2.55. The Morgan fingerprint density at radius 1 is 1.07 bits per heavy atom. The van der Waals surface area contributed by atoms with E-state index in [9.17, 15) is 0 Å². The van der Waals surface area contributed by atoms with Crippen LogP contribution in [0, 0.1) is 0 Å². The van der Waals surface area contributed by atoms with Crippen LogP contribution in [0.25, 0.3) is 11.4 Å². The molecule has 7 nitrogen and oxygen atoms in total. The van der Waals surface area contributed by atoms with E-state index in [1.165, 1.54) is 5.56 Å². The summed E-state index contributed by atoms with van der Waals surface area (Å²) >= 11 is 0. The summed E-state index contributed by atoms with van der Waals surface area (Å²) in [5, 5.41) is 7.92. The van der Waals surface area contributed by atoms with Gasteiger partial charge in [-0.05, 0) is 37.1 Å². The van der Waals surface area contributed by atoms with Crippen molar-refractivity contribution in [3.8, 4) is 22.9 Å². The van der Waals surface area contributed by atoms with Crippen LogP contribution in [0.2, 0.25) is 0 Å². The van der Waals surface area contributed by atoms with Crippen LogP contribution in [0.5, 0.6) is 11.5 Å². The molecule has 0 N–H and O–H groups in total. The van der Waals surface area contributed by atoms with E-state index in [1.54, 1.807) is 13.3 Å². The molecule has 2 aromatic carbocycles. The summed E-state index contributed by atoms with van der Waals surface area (Å²) in [5.74, 6) is 2.22. The average Bonchev–Trinajstić information content (AvgIpc) is 3.21. The molecular formula is C21H23N3O4. The quantitative estimate of drug-likeness (QED) is 0.407. The zero-order valence-corrected chi connectivity index (χ0v) is 16.2. The summed E-state index contributed by atoms with van der Waals surface area (Å²) in [6.45, 7) is 4.70. The molecule has 28 heavy (non-hydrogen) atoms. The van der Waals surface area contributed by atoms with Crippen LogP contribution in [-0.4, -0.2) is 30.1 Å². The van der Waals surface area contributed by atoms with Crippen molar-refractivity contribution >= 4 is 6.21 Å². The summed E-state index contributed by atoms with van der Waals surface area (Å²) in [4.78, 5) is 9.59. The Morgan fingerprint density at radius 3 is 2.61 bits per heavy atom. The maximum Gasteiger partial charge on any atom is 0.267 e. The maximum atomic E-state index is 5.49. The van der Waals surface area contributed by atoms with Crippen LogP contribution in [0.4, 0.5) is 0 Å². The normalized spacial score (nSPS) is 11.0. The number of rotatable bonds is 9. The number of benzene rings is 2. The highest BCUT2D eigenvalue weighted by Gasteiger charge is 2.09. The number of methoxy groups -OCH3 is 1. The standard InChI is InChI=1S/C21H23N3O4/c1-4-15-6-9-17(10-7-15)21-23-20(28-24-21)14-27-22-13-16-8-11-18(26-5-2)19(12-16)25-3/h6-13H,4-5,14H2,1-3H3/b22-13-. The van der Waals surface area contributed by atoms with Crippen LogP contribution in [0.3, 0.4) is 0 Å². The lowest BCUT2D eigenvalue weighted by Crippen LogP contribution is -1.96. The van der Waals surface area contributed by atoms with Gasteiger partial charge in [-0.15, -0.1) is 0 Å². The maximum absolute atomic E-state index is 5.49. The van der Waals surface area contributed by atoms with E-state index in [2.05, 4.69) is 34.4 Å². The largest absolute Gasteiger partial charge is 0.493 e. The summed E-state index contributed by atoms with van der Waals surface area (Å²) in [6.07, 6.45) is 2.57. The van der Waals surface area contributed by atoms with E-state index in [1.807, 2.05) is 37.3 Å². The van der Waals surface area contributed by atoms with Crippen molar-refractivity contribution in [3.63, 3.8) is 0 Å². The van der Waals surface area contributed by atoms with E-state index in [0.717, 1.165) is 17.5 Å². The molecule has 0 aliphatic rings. The number of aromatic nitrogens is 2. The van der Waals surface area contributed by atoms with E-state index in [4.69, 9.17) is 18.8 Å². The van der Waals surface area contributed by atoms with E-state index < -0.39 is 0 Å². The third-order valence-electron chi connectivity index (χ3n) is 4.04. The minimum absolute atomic E-state index is 0.0880. The average molecular weight is 381 g/mol. The summed E-state index contributed by atoms with van der Waals surface area (Å²) in [7, 11) is 1.60. The Bertz CT molecular complexity index is 920. The molecule has 0 spiro atoms. The Labute approximate surface area is 163 Å². The number of oxime groups is 1. The number of ether oxygens (including phenoxy) is 2. The van der Waals surface area contributed by atoms with Gasteiger partial charge in [0.2, 0.25) is 5.82 Å². The van der Waals surface area contributed by atoms with Crippen LogP contribution >= 0.6 is 0 Å². The smallest absolute Gasteiger partial charge is 0.267 e. The first-order valence-electron chi connectivity index (χ1n) is 9.11. The zero-order valence-electron chi connectivity index (χ0n) is 16.2. The van der Waals surface area contributed by atoms with Crippen molar-refractivity contribution in [1.82, 2.24) is 10.1 Å². The Morgan fingerprint density at radius 2 is 1.89 bits per heavy atom. The summed E-state index contributed by atoms with van der Waals surface area (Å²) < 4.78 is 16.0. The fourth-order valence-electron chi connectivity index (χ4n) is 2.55. The van der Waals surface area contributed by atoms with Gasteiger partial charge in [0.05, 0.1) is 19.9 Å². The molecule has 1 heterocycles. The van der Waals surface area contributed by atoms with Crippen LogP contribution in [-0.2, 0) is 17.9 Å². The molecule has 0 saturated heterocycles. The second kappa shape index (κ2) is 9.55. The monoisotopic (exact) mass is 381 g/mol. The fraction of sp³-hybridized carbons (Fsp3) is 0.286. The molecule has 0 aliphatic heterocycles. The molecule has 0 aliphatic carbocycles. The topological polar surface area (TPSA) is 79.0 Å².